The summed E-state index contributed by atoms with van der Waals surface area (Å²) in [5.74, 6) is -1.79. The minimum atomic E-state index is -0.961. The lowest BCUT2D eigenvalue weighted by Gasteiger charge is -2.29. The molecule has 0 aliphatic carbocycles. The molecule has 9 nitrogen and oxygen atoms in total. The van der Waals surface area contributed by atoms with Crippen molar-refractivity contribution in [1.29, 1.82) is 0 Å². The highest BCUT2D eigenvalue weighted by Crippen LogP contribution is 2.25. The number of carbonyl (C=O) groups is 4. The highest BCUT2D eigenvalue weighted by molar-refractivity contribution is 5.96. The smallest absolute Gasteiger partial charge is 0.338 e. The molecule has 33 heavy (non-hydrogen) atoms. The fourth-order valence-electron chi connectivity index (χ4n) is 3.96. The van der Waals surface area contributed by atoms with Crippen LogP contribution in [-0.4, -0.2) is 66.1 Å². The van der Waals surface area contributed by atoms with Gasteiger partial charge in [0.15, 0.2) is 12.2 Å². The molecule has 0 aromatic heterocycles. The molecule has 3 rings (SSSR count). The molecule has 2 aliphatic heterocycles. The summed E-state index contributed by atoms with van der Waals surface area (Å²) in [7, 11) is 0. The largest absolute Gasteiger partial charge is 0.464 e. The molecule has 0 radical (unpaired) electrons. The number of hydrogen-bond acceptors (Lipinski definition) is 7. The first kappa shape index (κ1) is 24.7. The zero-order valence-corrected chi connectivity index (χ0v) is 19.3. The first-order valence-electron chi connectivity index (χ1n) is 11.4. The van der Waals surface area contributed by atoms with Crippen molar-refractivity contribution in [2.75, 3.05) is 13.2 Å². The Labute approximate surface area is 193 Å². The number of rotatable bonds is 10. The Morgan fingerprint density at radius 1 is 1.09 bits per heavy atom. The Balaban J connectivity index is 1.61. The van der Waals surface area contributed by atoms with Crippen molar-refractivity contribution in [2.24, 2.45) is 5.92 Å². The van der Waals surface area contributed by atoms with E-state index in [-0.39, 0.29) is 25.0 Å². The van der Waals surface area contributed by atoms with Crippen molar-refractivity contribution in [1.82, 2.24) is 10.2 Å². The first-order chi connectivity index (χ1) is 15.8. The number of nitrogens with one attached hydrogen (secondary N) is 1. The van der Waals surface area contributed by atoms with Gasteiger partial charge in [0.05, 0.1) is 6.61 Å². The van der Waals surface area contributed by atoms with Gasteiger partial charge in [0, 0.05) is 6.54 Å². The van der Waals surface area contributed by atoms with Crippen molar-refractivity contribution in [3.05, 3.63) is 35.9 Å². The second kappa shape index (κ2) is 11.3. The van der Waals surface area contributed by atoms with Gasteiger partial charge in [-0.2, -0.15) is 0 Å². The Morgan fingerprint density at radius 2 is 1.82 bits per heavy atom. The number of esters is 2. The maximum Gasteiger partial charge on any atom is 0.338 e. The molecule has 180 valence electrons. The van der Waals surface area contributed by atoms with Gasteiger partial charge >= 0.3 is 11.9 Å². The molecule has 1 N–H and O–H groups in total. The van der Waals surface area contributed by atoms with E-state index < -0.39 is 42.1 Å². The molecule has 0 unspecified atom stereocenters. The number of amides is 2. The Morgan fingerprint density at radius 3 is 2.48 bits per heavy atom. The van der Waals surface area contributed by atoms with Crippen LogP contribution >= 0.6 is 0 Å². The van der Waals surface area contributed by atoms with E-state index in [1.54, 1.807) is 6.92 Å². The fraction of sp³-hybridized carbons (Fsp3) is 0.583. The number of carbonyl (C=O) groups excluding carboxylic acids is 4. The predicted octanol–water partition coefficient (Wildman–Crippen LogP) is 1.58. The van der Waals surface area contributed by atoms with Crippen molar-refractivity contribution in [2.45, 2.75) is 70.9 Å². The van der Waals surface area contributed by atoms with E-state index in [9.17, 15) is 19.2 Å². The van der Waals surface area contributed by atoms with Gasteiger partial charge in [-0.05, 0) is 37.7 Å². The fourth-order valence-corrected chi connectivity index (χ4v) is 3.96. The van der Waals surface area contributed by atoms with Crippen LogP contribution in [0, 0.1) is 5.92 Å². The molecule has 0 spiro atoms. The average molecular weight is 461 g/mol. The van der Waals surface area contributed by atoms with Crippen molar-refractivity contribution in [3.8, 4) is 0 Å². The summed E-state index contributed by atoms with van der Waals surface area (Å²) >= 11 is 0. The third-order valence-electron chi connectivity index (χ3n) is 5.62. The van der Waals surface area contributed by atoms with E-state index in [0.29, 0.717) is 25.8 Å². The van der Waals surface area contributed by atoms with E-state index in [1.807, 2.05) is 44.2 Å². The van der Waals surface area contributed by atoms with Gasteiger partial charge in [-0.15, -0.1) is 0 Å². The van der Waals surface area contributed by atoms with E-state index in [4.69, 9.17) is 14.2 Å². The van der Waals surface area contributed by atoms with Gasteiger partial charge in [0.1, 0.15) is 18.7 Å². The molecular weight excluding hydrogens is 428 g/mol. The Bertz CT molecular complexity index is 858. The van der Waals surface area contributed by atoms with Crippen LogP contribution in [-0.2, 0) is 40.0 Å². The third kappa shape index (κ3) is 6.54. The third-order valence-corrected chi connectivity index (χ3v) is 5.62. The average Bonchev–Trinajstić information content (AvgIpc) is 3.46. The normalized spacial score (nSPS) is 22.5. The summed E-state index contributed by atoms with van der Waals surface area (Å²) in [4.78, 5) is 51.9. The lowest BCUT2D eigenvalue weighted by Crippen LogP contribution is -2.53. The molecule has 2 amide bonds. The number of likely N-dealkylation sites (tertiary alicyclic amines) is 1. The highest BCUT2D eigenvalue weighted by atomic mass is 16.6. The Kier molecular flexibility index (Phi) is 8.43. The van der Waals surface area contributed by atoms with Gasteiger partial charge in [-0.25, -0.2) is 9.59 Å². The lowest BCUT2D eigenvalue weighted by molar-refractivity contribution is -0.155. The summed E-state index contributed by atoms with van der Waals surface area (Å²) < 4.78 is 15.5. The molecule has 1 aromatic carbocycles. The number of benzene rings is 1. The van der Waals surface area contributed by atoms with Crippen LogP contribution in [0.15, 0.2) is 30.3 Å². The summed E-state index contributed by atoms with van der Waals surface area (Å²) in [6.45, 7) is 6.30. The second-order valence-corrected chi connectivity index (χ2v) is 8.70. The number of epoxide rings is 1. The van der Waals surface area contributed by atoms with Gasteiger partial charge in [-0.1, -0.05) is 44.2 Å². The van der Waals surface area contributed by atoms with Crippen LogP contribution in [0.25, 0.3) is 0 Å². The van der Waals surface area contributed by atoms with Crippen LogP contribution < -0.4 is 5.32 Å². The van der Waals surface area contributed by atoms with Gasteiger partial charge in [0.2, 0.25) is 5.91 Å². The zero-order chi connectivity index (χ0) is 24.0. The molecular formula is C24H32N2O7. The quantitative estimate of drug-likeness (QED) is 0.416. The maximum absolute atomic E-state index is 13.3. The molecule has 2 heterocycles. The SMILES string of the molecule is CCOC(=O)[C@H]1O[C@H]1C(=O)N[C@@H](CC(C)C)C(=O)N1CCC[C@H]1C(=O)OCc1ccccc1. The zero-order valence-electron chi connectivity index (χ0n) is 19.3. The monoisotopic (exact) mass is 460 g/mol. The summed E-state index contributed by atoms with van der Waals surface area (Å²) in [5, 5.41) is 2.72. The molecule has 0 bridgehead atoms. The van der Waals surface area contributed by atoms with Crippen molar-refractivity contribution >= 4 is 23.8 Å². The van der Waals surface area contributed by atoms with Gasteiger partial charge in [-0.3, -0.25) is 9.59 Å². The first-order valence-corrected chi connectivity index (χ1v) is 11.4. The number of ether oxygens (including phenoxy) is 3. The minimum Gasteiger partial charge on any atom is -0.464 e. The standard InChI is InChI=1S/C24H32N2O7/c1-4-31-24(30)20-19(33-20)21(27)25-17(13-15(2)3)22(28)26-12-8-11-18(26)23(29)32-14-16-9-6-5-7-10-16/h5-7,9-10,15,17-20H,4,8,11-14H2,1-3H3,(H,25,27)/t17-,18-,19+,20-/m0/s1. The molecule has 2 fully saturated rings. The second-order valence-electron chi connectivity index (χ2n) is 8.70. The van der Waals surface area contributed by atoms with E-state index in [0.717, 1.165) is 5.56 Å². The van der Waals surface area contributed by atoms with Crippen LogP contribution in [0.4, 0.5) is 0 Å². The number of nitrogens with zero attached hydrogens (tertiary/aromatic N) is 1. The topological polar surface area (TPSA) is 115 Å². The minimum absolute atomic E-state index is 0.117. The van der Waals surface area contributed by atoms with Crippen molar-refractivity contribution < 1.29 is 33.4 Å². The van der Waals surface area contributed by atoms with Crippen molar-refractivity contribution in [3.63, 3.8) is 0 Å². The predicted molar refractivity (Wildman–Crippen MR) is 118 cm³/mol. The van der Waals surface area contributed by atoms with Crippen LogP contribution in [0.5, 0.6) is 0 Å². The Hall–Kier alpha value is -2.94. The summed E-state index contributed by atoms with van der Waals surface area (Å²) in [6.07, 6.45) is -0.318. The van der Waals surface area contributed by atoms with Crippen LogP contribution in [0.2, 0.25) is 0 Å². The van der Waals surface area contributed by atoms with Crippen LogP contribution in [0.1, 0.15) is 45.6 Å². The number of hydrogen-bond donors (Lipinski definition) is 1. The van der Waals surface area contributed by atoms with Crippen LogP contribution in [0.3, 0.4) is 0 Å². The molecule has 9 heteroatoms. The molecule has 1 aromatic rings. The molecule has 2 aliphatic rings. The summed E-state index contributed by atoms with van der Waals surface area (Å²) in [6, 6.07) is 7.83. The van der Waals surface area contributed by atoms with Gasteiger partial charge < -0.3 is 24.4 Å². The van der Waals surface area contributed by atoms with E-state index in [1.165, 1.54) is 4.90 Å². The van der Waals surface area contributed by atoms with E-state index >= 15 is 0 Å². The molecule has 0 saturated carbocycles. The van der Waals surface area contributed by atoms with E-state index in [2.05, 4.69) is 5.32 Å². The van der Waals surface area contributed by atoms with Gasteiger partial charge in [0.25, 0.3) is 5.91 Å². The summed E-state index contributed by atoms with van der Waals surface area (Å²) in [5.41, 5.74) is 0.868. The molecule has 2 saturated heterocycles. The highest BCUT2D eigenvalue weighted by Gasteiger charge is 2.52. The molecule has 4 atom stereocenters. The maximum atomic E-state index is 13.3. The lowest BCUT2D eigenvalue weighted by atomic mass is 10.0.